The third kappa shape index (κ3) is 5.80. The minimum absolute atomic E-state index is 0.0837. The summed E-state index contributed by atoms with van der Waals surface area (Å²) in [6.45, 7) is -0.661. The topological polar surface area (TPSA) is 103 Å². The Morgan fingerprint density at radius 3 is 2.58 bits per heavy atom. The second-order valence-corrected chi connectivity index (χ2v) is 7.18. The molecule has 0 radical (unpaired) electrons. The fraction of sp³-hybridized carbons (Fsp3) is 0.150. The number of nitrogens with one attached hydrogen (secondary N) is 3. The molecule has 0 saturated heterocycles. The number of aliphatic hydroxyl groups excluding tert-OH is 1. The van der Waals surface area contributed by atoms with Crippen molar-refractivity contribution in [2.75, 3.05) is 17.2 Å². The number of carbonyl (C=O) groups is 2. The van der Waals surface area contributed by atoms with E-state index in [1.807, 2.05) is 0 Å². The highest BCUT2D eigenvalue weighted by atomic mass is 32.1. The van der Waals surface area contributed by atoms with Crippen LogP contribution in [0.15, 0.2) is 60.1 Å². The highest BCUT2D eigenvalue weighted by Gasteiger charge is 2.30. The van der Waals surface area contributed by atoms with Crippen molar-refractivity contribution in [3.63, 3.8) is 0 Å². The average molecular weight is 450 g/mol. The molecule has 2 amide bonds. The maximum absolute atomic E-state index is 13.0. The van der Waals surface area contributed by atoms with Gasteiger partial charge in [0.15, 0.2) is 5.13 Å². The number of aromatic nitrogens is 1. The van der Waals surface area contributed by atoms with Gasteiger partial charge in [0, 0.05) is 17.3 Å². The van der Waals surface area contributed by atoms with Gasteiger partial charge in [0.1, 0.15) is 6.04 Å². The van der Waals surface area contributed by atoms with Crippen molar-refractivity contribution in [3.05, 3.63) is 71.2 Å². The largest absolute Gasteiger partial charge is 0.416 e. The van der Waals surface area contributed by atoms with E-state index >= 15 is 0 Å². The van der Waals surface area contributed by atoms with Gasteiger partial charge in [-0.05, 0) is 30.3 Å². The van der Waals surface area contributed by atoms with Gasteiger partial charge in [-0.15, -0.1) is 11.3 Å². The Morgan fingerprint density at radius 1 is 1.13 bits per heavy atom. The highest BCUT2D eigenvalue weighted by Crippen LogP contribution is 2.31. The van der Waals surface area contributed by atoms with Gasteiger partial charge in [0.05, 0.1) is 23.4 Å². The molecule has 0 spiro atoms. The van der Waals surface area contributed by atoms with Gasteiger partial charge in [-0.25, -0.2) is 4.98 Å². The lowest BCUT2D eigenvalue weighted by Gasteiger charge is -2.17. The predicted molar refractivity (Wildman–Crippen MR) is 110 cm³/mol. The molecule has 0 bridgehead atoms. The summed E-state index contributed by atoms with van der Waals surface area (Å²) in [5.41, 5.74) is -0.384. The third-order valence-electron chi connectivity index (χ3n) is 4.11. The molecule has 162 valence electrons. The second-order valence-electron chi connectivity index (χ2n) is 6.28. The number of rotatable bonds is 7. The van der Waals surface area contributed by atoms with E-state index in [0.29, 0.717) is 5.13 Å². The summed E-state index contributed by atoms with van der Waals surface area (Å²) in [5.74, 6) is -1.35. The Bertz CT molecular complexity index is 1060. The van der Waals surface area contributed by atoms with E-state index in [1.54, 1.807) is 17.5 Å². The zero-order valence-corrected chi connectivity index (χ0v) is 16.6. The van der Waals surface area contributed by atoms with E-state index in [1.165, 1.54) is 41.8 Å². The molecule has 0 fully saturated rings. The molecule has 7 nitrogen and oxygen atoms in total. The third-order valence-corrected chi connectivity index (χ3v) is 4.80. The first-order valence-electron chi connectivity index (χ1n) is 8.93. The van der Waals surface area contributed by atoms with E-state index in [-0.39, 0.29) is 16.9 Å². The van der Waals surface area contributed by atoms with Gasteiger partial charge in [0.2, 0.25) is 0 Å². The van der Waals surface area contributed by atoms with E-state index in [0.717, 1.165) is 12.1 Å². The van der Waals surface area contributed by atoms with Gasteiger partial charge in [0.25, 0.3) is 11.8 Å². The molecular formula is C20H17F3N4O3S. The van der Waals surface area contributed by atoms with Crippen molar-refractivity contribution in [2.45, 2.75) is 12.2 Å². The Hall–Kier alpha value is -3.44. The number of anilines is 3. The van der Waals surface area contributed by atoms with Crippen LogP contribution in [0.2, 0.25) is 0 Å². The summed E-state index contributed by atoms with van der Waals surface area (Å²) >= 11 is 1.17. The molecule has 3 aromatic rings. The molecule has 2 aromatic carbocycles. The normalized spacial score (nSPS) is 12.1. The van der Waals surface area contributed by atoms with Crippen LogP contribution in [0.25, 0.3) is 0 Å². The van der Waals surface area contributed by atoms with Crippen LogP contribution in [0.5, 0.6) is 0 Å². The van der Waals surface area contributed by atoms with Crippen LogP contribution in [0.1, 0.15) is 15.9 Å². The van der Waals surface area contributed by atoms with Crippen LogP contribution in [0, 0.1) is 0 Å². The van der Waals surface area contributed by atoms with Crippen molar-refractivity contribution < 1.29 is 27.9 Å². The lowest BCUT2D eigenvalue weighted by molar-refractivity contribution is -0.137. The number of hydrogen-bond acceptors (Lipinski definition) is 6. The van der Waals surface area contributed by atoms with E-state index < -0.39 is 36.2 Å². The number of carbonyl (C=O) groups excluding carboxylic acids is 2. The number of amides is 2. The minimum atomic E-state index is -4.51. The van der Waals surface area contributed by atoms with Crippen LogP contribution in [0.3, 0.4) is 0 Å². The smallest absolute Gasteiger partial charge is 0.394 e. The highest BCUT2D eigenvalue weighted by molar-refractivity contribution is 7.13. The Morgan fingerprint density at radius 2 is 1.90 bits per heavy atom. The molecule has 0 aliphatic carbocycles. The average Bonchev–Trinajstić information content (AvgIpc) is 3.24. The summed E-state index contributed by atoms with van der Waals surface area (Å²) in [7, 11) is 0. The summed E-state index contributed by atoms with van der Waals surface area (Å²) in [6, 6.07) is 9.42. The number of halogens is 3. The van der Waals surface area contributed by atoms with E-state index in [9.17, 15) is 27.9 Å². The maximum atomic E-state index is 13.0. The van der Waals surface area contributed by atoms with E-state index in [4.69, 9.17) is 0 Å². The molecule has 11 heteroatoms. The summed E-state index contributed by atoms with van der Waals surface area (Å²) in [5, 5.41) is 19.2. The van der Waals surface area contributed by atoms with Crippen molar-refractivity contribution in [2.24, 2.45) is 0 Å². The van der Waals surface area contributed by atoms with Gasteiger partial charge in [-0.1, -0.05) is 18.2 Å². The zero-order chi connectivity index (χ0) is 22.4. The number of para-hydroxylation sites is 1. The standard InChI is InChI=1S/C20H17F3N4O3S/c21-20(22,23)12-4-3-5-13(10-12)25-15-7-2-1-6-14(15)17(29)26-16(11-28)18(30)27-19-24-8-9-31-19/h1-10,16,25,28H,11H2,(H,26,29)(H,24,27,30). The molecule has 0 aliphatic heterocycles. The first-order valence-corrected chi connectivity index (χ1v) is 9.81. The van der Waals surface area contributed by atoms with Crippen LogP contribution >= 0.6 is 11.3 Å². The van der Waals surface area contributed by atoms with Crippen LogP contribution < -0.4 is 16.0 Å². The molecule has 31 heavy (non-hydrogen) atoms. The number of alkyl halides is 3. The molecule has 1 unspecified atom stereocenters. The molecule has 4 N–H and O–H groups in total. The molecule has 1 aromatic heterocycles. The predicted octanol–water partition coefficient (Wildman–Crippen LogP) is 3.63. The van der Waals surface area contributed by atoms with Gasteiger partial charge < -0.3 is 21.1 Å². The molecule has 1 atom stereocenters. The fourth-order valence-corrected chi connectivity index (χ4v) is 3.16. The number of hydrogen-bond donors (Lipinski definition) is 4. The van der Waals surface area contributed by atoms with Crippen molar-refractivity contribution >= 4 is 39.7 Å². The minimum Gasteiger partial charge on any atom is -0.394 e. The molecular weight excluding hydrogens is 433 g/mol. The van der Waals surface area contributed by atoms with Crippen LogP contribution in [-0.2, 0) is 11.0 Å². The maximum Gasteiger partial charge on any atom is 0.416 e. The molecule has 3 rings (SSSR count). The SMILES string of the molecule is O=C(NC(CO)C(=O)Nc1nccs1)c1ccccc1Nc1cccc(C(F)(F)F)c1. The molecule has 0 saturated carbocycles. The van der Waals surface area contributed by atoms with E-state index in [2.05, 4.69) is 20.9 Å². The van der Waals surface area contributed by atoms with Crippen molar-refractivity contribution in [1.82, 2.24) is 10.3 Å². The number of benzene rings is 2. The summed E-state index contributed by atoms with van der Waals surface area (Å²) in [4.78, 5) is 28.9. The summed E-state index contributed by atoms with van der Waals surface area (Å²) in [6.07, 6.45) is -3.02. The Labute approximate surface area is 178 Å². The molecule has 1 heterocycles. The second kappa shape index (κ2) is 9.58. The zero-order valence-electron chi connectivity index (χ0n) is 15.8. The first kappa shape index (κ1) is 22.2. The lowest BCUT2D eigenvalue weighted by Crippen LogP contribution is -2.46. The number of aliphatic hydroxyl groups is 1. The van der Waals surface area contributed by atoms with Crippen LogP contribution in [0.4, 0.5) is 29.7 Å². The summed E-state index contributed by atoms with van der Waals surface area (Å²) < 4.78 is 38.9. The first-order chi connectivity index (χ1) is 14.8. The molecule has 0 aliphatic rings. The Kier molecular flexibility index (Phi) is 6.88. The van der Waals surface area contributed by atoms with Crippen LogP contribution in [-0.4, -0.2) is 34.6 Å². The monoisotopic (exact) mass is 450 g/mol. The fourth-order valence-electron chi connectivity index (χ4n) is 2.63. The van der Waals surface area contributed by atoms with Crippen molar-refractivity contribution in [3.8, 4) is 0 Å². The van der Waals surface area contributed by atoms with Gasteiger partial charge in [-0.2, -0.15) is 13.2 Å². The Balaban J connectivity index is 1.76. The van der Waals surface area contributed by atoms with Gasteiger partial charge >= 0.3 is 6.18 Å². The lowest BCUT2D eigenvalue weighted by atomic mass is 10.1. The van der Waals surface area contributed by atoms with Crippen molar-refractivity contribution in [1.29, 1.82) is 0 Å². The quantitative estimate of drug-likeness (QED) is 0.440. The van der Waals surface area contributed by atoms with Gasteiger partial charge in [-0.3, -0.25) is 9.59 Å². The number of nitrogens with zero attached hydrogens (tertiary/aromatic N) is 1. The number of thiazole rings is 1.